The maximum Gasteiger partial charge on any atom is 0.243 e. The zero-order valence-corrected chi connectivity index (χ0v) is 17.7. The van der Waals surface area contributed by atoms with E-state index in [4.69, 9.17) is 16.3 Å². The van der Waals surface area contributed by atoms with Crippen molar-refractivity contribution in [1.82, 2.24) is 15.1 Å². The van der Waals surface area contributed by atoms with Crippen LogP contribution in [-0.4, -0.2) is 69.1 Å². The van der Waals surface area contributed by atoms with E-state index in [-0.39, 0.29) is 36.4 Å². The number of carbonyl (C=O) groups excluding carboxylic acids is 1. The van der Waals surface area contributed by atoms with E-state index in [1.54, 1.807) is 26.2 Å². The molecule has 0 radical (unpaired) electrons. The molecular formula is C16H26ClIN4O2. The van der Waals surface area contributed by atoms with Crippen LogP contribution in [0.3, 0.4) is 0 Å². The molecule has 1 rings (SSSR count). The van der Waals surface area contributed by atoms with Gasteiger partial charge in [0.1, 0.15) is 18.9 Å². The number of nitrogens with one attached hydrogen (secondary N) is 1. The standard InChI is InChI=1S/C16H25ClN4O2.HI/c1-5-18-16(19-12-15(22)20(2)3)21(4)10-11-23-14-8-6-13(17)7-9-14;/h6-9H,5,10-12H2,1-4H3,(H,18,19);1H. The Hall–Kier alpha value is -1.22. The van der Waals surface area contributed by atoms with Crippen molar-refractivity contribution in [3.63, 3.8) is 0 Å². The quantitative estimate of drug-likeness (QED) is 0.379. The number of ether oxygens (including phenoxy) is 1. The van der Waals surface area contributed by atoms with Gasteiger partial charge in [-0.2, -0.15) is 0 Å². The number of aliphatic imine (C=N–C) groups is 1. The van der Waals surface area contributed by atoms with Gasteiger partial charge < -0.3 is 19.9 Å². The third kappa shape index (κ3) is 8.58. The first kappa shape index (κ1) is 22.8. The highest BCUT2D eigenvalue weighted by Crippen LogP contribution is 2.15. The fourth-order valence-electron chi connectivity index (χ4n) is 1.69. The molecule has 0 bridgehead atoms. The molecule has 0 saturated heterocycles. The van der Waals surface area contributed by atoms with Gasteiger partial charge in [0.05, 0.1) is 6.54 Å². The normalized spacial score (nSPS) is 10.6. The van der Waals surface area contributed by atoms with Crippen LogP contribution in [0.4, 0.5) is 0 Å². The molecule has 8 heteroatoms. The Morgan fingerprint density at radius 1 is 1.25 bits per heavy atom. The summed E-state index contributed by atoms with van der Waals surface area (Å²) in [6.07, 6.45) is 0. The average Bonchev–Trinajstić information content (AvgIpc) is 2.52. The molecule has 0 saturated carbocycles. The highest BCUT2D eigenvalue weighted by molar-refractivity contribution is 14.0. The second-order valence-electron chi connectivity index (χ2n) is 5.18. The van der Waals surface area contributed by atoms with Crippen molar-refractivity contribution < 1.29 is 9.53 Å². The minimum atomic E-state index is -0.0359. The number of halogens is 2. The van der Waals surface area contributed by atoms with Crippen molar-refractivity contribution in [1.29, 1.82) is 0 Å². The number of benzene rings is 1. The van der Waals surface area contributed by atoms with Crippen molar-refractivity contribution >= 4 is 47.4 Å². The maximum absolute atomic E-state index is 11.6. The molecule has 0 spiro atoms. The Kier molecular flexibility index (Phi) is 11.6. The van der Waals surface area contributed by atoms with Crippen LogP contribution >= 0.6 is 35.6 Å². The van der Waals surface area contributed by atoms with Crippen LogP contribution in [0, 0.1) is 0 Å². The Labute approximate surface area is 166 Å². The Balaban J connectivity index is 0.00000529. The van der Waals surface area contributed by atoms with Gasteiger partial charge in [0, 0.05) is 32.7 Å². The second kappa shape index (κ2) is 12.2. The van der Waals surface area contributed by atoms with Gasteiger partial charge in [-0.05, 0) is 31.2 Å². The van der Waals surface area contributed by atoms with Crippen LogP contribution in [-0.2, 0) is 4.79 Å². The molecule has 1 N–H and O–H groups in total. The lowest BCUT2D eigenvalue weighted by molar-refractivity contribution is -0.127. The van der Waals surface area contributed by atoms with Crippen molar-refractivity contribution in [3.05, 3.63) is 29.3 Å². The molecule has 0 fully saturated rings. The van der Waals surface area contributed by atoms with Gasteiger partial charge in [-0.3, -0.25) is 4.79 Å². The van der Waals surface area contributed by atoms with Crippen molar-refractivity contribution in [2.45, 2.75) is 6.92 Å². The van der Waals surface area contributed by atoms with Crippen LogP contribution in [0.25, 0.3) is 0 Å². The van der Waals surface area contributed by atoms with Gasteiger partial charge in [0.25, 0.3) is 0 Å². The minimum absolute atomic E-state index is 0. The SMILES string of the molecule is CCNC(=NCC(=O)N(C)C)N(C)CCOc1ccc(Cl)cc1.I. The third-order valence-electron chi connectivity index (χ3n) is 3.07. The van der Waals surface area contributed by atoms with E-state index >= 15 is 0 Å². The molecule has 0 heterocycles. The molecule has 0 aliphatic heterocycles. The Bertz CT molecular complexity index is 523. The molecule has 0 atom stereocenters. The first-order valence-electron chi connectivity index (χ1n) is 7.52. The fourth-order valence-corrected chi connectivity index (χ4v) is 1.82. The molecule has 1 amide bonds. The predicted molar refractivity (Wildman–Crippen MR) is 110 cm³/mol. The van der Waals surface area contributed by atoms with Gasteiger partial charge in [0.15, 0.2) is 5.96 Å². The average molecular weight is 469 g/mol. The van der Waals surface area contributed by atoms with Crippen molar-refractivity contribution in [2.75, 3.05) is 47.4 Å². The van der Waals surface area contributed by atoms with Gasteiger partial charge in [-0.1, -0.05) is 11.6 Å². The summed E-state index contributed by atoms with van der Waals surface area (Å²) in [4.78, 5) is 19.4. The smallest absolute Gasteiger partial charge is 0.243 e. The van der Waals surface area contributed by atoms with Gasteiger partial charge in [-0.25, -0.2) is 4.99 Å². The summed E-state index contributed by atoms with van der Waals surface area (Å²) >= 11 is 5.84. The van der Waals surface area contributed by atoms with Gasteiger partial charge in [-0.15, -0.1) is 24.0 Å². The van der Waals surface area contributed by atoms with E-state index in [2.05, 4.69) is 10.3 Å². The molecule has 0 aromatic heterocycles. The van der Waals surface area contributed by atoms with Crippen LogP contribution in [0.15, 0.2) is 29.3 Å². The number of amides is 1. The van der Waals surface area contributed by atoms with Crippen LogP contribution < -0.4 is 10.1 Å². The number of nitrogens with zero attached hydrogens (tertiary/aromatic N) is 3. The predicted octanol–water partition coefficient (Wildman–Crippen LogP) is 2.32. The first-order chi connectivity index (χ1) is 10.9. The van der Waals surface area contributed by atoms with Gasteiger partial charge in [0.2, 0.25) is 5.91 Å². The lowest BCUT2D eigenvalue weighted by Gasteiger charge is -2.22. The van der Waals surface area contributed by atoms with Crippen LogP contribution in [0.5, 0.6) is 5.75 Å². The number of rotatable bonds is 7. The summed E-state index contributed by atoms with van der Waals surface area (Å²) in [5.74, 6) is 1.42. The number of carbonyl (C=O) groups is 1. The van der Waals surface area contributed by atoms with E-state index in [9.17, 15) is 4.79 Å². The summed E-state index contributed by atoms with van der Waals surface area (Å²) in [7, 11) is 5.34. The second-order valence-corrected chi connectivity index (χ2v) is 5.62. The van der Waals surface area contributed by atoms with E-state index in [0.717, 1.165) is 12.3 Å². The minimum Gasteiger partial charge on any atom is -0.492 e. The largest absolute Gasteiger partial charge is 0.492 e. The topological polar surface area (TPSA) is 57.2 Å². The highest BCUT2D eigenvalue weighted by Gasteiger charge is 2.08. The monoisotopic (exact) mass is 468 g/mol. The summed E-state index contributed by atoms with van der Waals surface area (Å²) in [6.45, 7) is 3.99. The summed E-state index contributed by atoms with van der Waals surface area (Å²) in [6, 6.07) is 7.24. The van der Waals surface area contributed by atoms with E-state index in [1.807, 2.05) is 31.0 Å². The molecule has 0 unspecified atom stereocenters. The molecule has 6 nitrogen and oxygen atoms in total. The van der Waals surface area contributed by atoms with E-state index in [0.29, 0.717) is 24.1 Å². The maximum atomic E-state index is 11.6. The summed E-state index contributed by atoms with van der Waals surface area (Å²) < 4.78 is 5.67. The molecule has 24 heavy (non-hydrogen) atoms. The van der Waals surface area contributed by atoms with E-state index < -0.39 is 0 Å². The zero-order chi connectivity index (χ0) is 17.2. The summed E-state index contributed by atoms with van der Waals surface area (Å²) in [5, 5.41) is 3.85. The summed E-state index contributed by atoms with van der Waals surface area (Å²) in [5.41, 5.74) is 0. The third-order valence-corrected chi connectivity index (χ3v) is 3.32. The Morgan fingerprint density at radius 3 is 2.42 bits per heavy atom. The Morgan fingerprint density at radius 2 is 1.88 bits per heavy atom. The first-order valence-corrected chi connectivity index (χ1v) is 7.89. The zero-order valence-electron chi connectivity index (χ0n) is 14.6. The highest BCUT2D eigenvalue weighted by atomic mass is 127. The molecule has 0 aliphatic carbocycles. The van der Waals surface area contributed by atoms with E-state index in [1.165, 1.54) is 4.90 Å². The number of hydrogen-bond acceptors (Lipinski definition) is 3. The molecule has 0 aliphatic rings. The molecule has 1 aromatic rings. The van der Waals surface area contributed by atoms with Crippen LogP contribution in [0.1, 0.15) is 6.92 Å². The van der Waals surface area contributed by atoms with Crippen LogP contribution in [0.2, 0.25) is 5.02 Å². The lowest BCUT2D eigenvalue weighted by Crippen LogP contribution is -2.41. The number of likely N-dealkylation sites (N-methyl/N-ethyl adjacent to an activating group) is 2. The molecule has 1 aromatic carbocycles. The molecular weight excluding hydrogens is 443 g/mol. The van der Waals surface area contributed by atoms with Crippen molar-refractivity contribution in [2.24, 2.45) is 4.99 Å². The number of guanidine groups is 1. The van der Waals surface area contributed by atoms with Crippen molar-refractivity contribution in [3.8, 4) is 5.75 Å². The number of hydrogen-bond donors (Lipinski definition) is 1. The lowest BCUT2D eigenvalue weighted by atomic mass is 10.3. The van der Waals surface area contributed by atoms with Gasteiger partial charge >= 0.3 is 0 Å². The molecule has 136 valence electrons. The fraction of sp³-hybridized carbons (Fsp3) is 0.500.